The molecule has 1 unspecified atom stereocenters. The van der Waals surface area contributed by atoms with Crippen LogP contribution in [0.4, 0.5) is 18.9 Å². The van der Waals surface area contributed by atoms with Gasteiger partial charge in [0, 0.05) is 12.1 Å². The number of ether oxygens (including phenoxy) is 1. The summed E-state index contributed by atoms with van der Waals surface area (Å²) in [6, 6.07) is 10.7. The molecule has 0 aliphatic heterocycles. The maximum Gasteiger partial charge on any atom is 0.416 e. The third-order valence-electron chi connectivity index (χ3n) is 5.16. The minimum Gasteiger partial charge on any atom is -0.495 e. The van der Waals surface area contributed by atoms with Gasteiger partial charge in [-0.3, -0.25) is 9.69 Å². The highest BCUT2D eigenvalue weighted by Crippen LogP contribution is 2.36. The van der Waals surface area contributed by atoms with Gasteiger partial charge >= 0.3 is 6.18 Å². The van der Waals surface area contributed by atoms with Gasteiger partial charge in [-0.25, -0.2) is 0 Å². The van der Waals surface area contributed by atoms with E-state index in [9.17, 15) is 18.0 Å². The Balaban J connectivity index is 1.75. The summed E-state index contributed by atoms with van der Waals surface area (Å²) in [6.45, 7) is 3.86. The topological polar surface area (TPSA) is 41.6 Å². The number of alkyl halides is 3. The van der Waals surface area contributed by atoms with Crippen LogP contribution in [0, 0.1) is 6.92 Å². The molecule has 7 heteroatoms. The zero-order valence-electron chi connectivity index (χ0n) is 16.7. The number of halogens is 3. The smallest absolute Gasteiger partial charge is 0.416 e. The van der Waals surface area contributed by atoms with Crippen LogP contribution in [0.25, 0.3) is 0 Å². The van der Waals surface area contributed by atoms with Crippen LogP contribution >= 0.6 is 0 Å². The van der Waals surface area contributed by atoms with E-state index in [-0.39, 0.29) is 24.5 Å². The molecule has 3 rings (SSSR count). The predicted octanol–water partition coefficient (Wildman–Crippen LogP) is 5.19. The van der Waals surface area contributed by atoms with Gasteiger partial charge in [0.1, 0.15) is 5.75 Å². The van der Waals surface area contributed by atoms with Gasteiger partial charge in [-0.1, -0.05) is 18.2 Å². The number of amides is 1. The normalized spacial score (nSPS) is 15.3. The van der Waals surface area contributed by atoms with E-state index in [0.29, 0.717) is 17.0 Å². The van der Waals surface area contributed by atoms with E-state index < -0.39 is 11.7 Å². The average Bonchev–Trinajstić information content (AvgIpc) is 3.50. The van der Waals surface area contributed by atoms with Gasteiger partial charge in [0.25, 0.3) is 0 Å². The molecular weight excluding hydrogens is 381 g/mol. The van der Waals surface area contributed by atoms with E-state index in [1.54, 1.807) is 12.1 Å². The summed E-state index contributed by atoms with van der Waals surface area (Å²) in [4.78, 5) is 14.7. The van der Waals surface area contributed by atoms with Crippen LogP contribution in [0.5, 0.6) is 5.75 Å². The quantitative estimate of drug-likeness (QED) is 0.688. The Hall–Kier alpha value is -2.54. The van der Waals surface area contributed by atoms with Gasteiger partial charge in [0.05, 0.1) is 24.9 Å². The van der Waals surface area contributed by atoms with E-state index in [1.807, 2.05) is 30.9 Å². The summed E-state index contributed by atoms with van der Waals surface area (Å²) in [6.07, 6.45) is -2.52. The van der Waals surface area contributed by atoms with E-state index in [4.69, 9.17) is 4.74 Å². The molecule has 1 fully saturated rings. The Morgan fingerprint density at radius 2 is 1.97 bits per heavy atom. The standard InChI is InChI=1S/C22H25F3N2O2/c1-14-7-10-20(29-3)19(11-14)26-21(28)13-27(18-8-9-18)15(2)16-5-4-6-17(12-16)22(23,24)25/h4-7,10-12,15,18H,8-9,13H2,1-3H3,(H,26,28). The number of anilines is 1. The summed E-state index contributed by atoms with van der Waals surface area (Å²) < 4.78 is 44.5. The highest BCUT2D eigenvalue weighted by atomic mass is 19.4. The molecule has 1 N–H and O–H groups in total. The van der Waals surface area contributed by atoms with E-state index >= 15 is 0 Å². The van der Waals surface area contributed by atoms with Crippen molar-refractivity contribution in [3.63, 3.8) is 0 Å². The Labute approximate surface area is 168 Å². The molecule has 0 radical (unpaired) electrons. The number of carbonyl (C=O) groups is 1. The molecule has 1 aliphatic carbocycles. The number of benzene rings is 2. The van der Waals surface area contributed by atoms with Crippen LogP contribution < -0.4 is 10.1 Å². The first-order chi connectivity index (χ1) is 13.7. The average molecular weight is 406 g/mol. The number of hydrogen-bond acceptors (Lipinski definition) is 3. The number of carbonyl (C=O) groups excluding carboxylic acids is 1. The molecule has 0 saturated heterocycles. The van der Waals surface area contributed by atoms with Crippen molar-refractivity contribution in [3.8, 4) is 5.75 Å². The second-order valence-electron chi connectivity index (χ2n) is 7.45. The van der Waals surface area contributed by atoms with E-state index in [1.165, 1.54) is 19.2 Å². The van der Waals surface area contributed by atoms with Crippen molar-refractivity contribution in [2.24, 2.45) is 0 Å². The van der Waals surface area contributed by atoms with Crippen LogP contribution in [-0.2, 0) is 11.0 Å². The lowest BCUT2D eigenvalue weighted by atomic mass is 10.0. The molecule has 0 bridgehead atoms. The Morgan fingerprint density at radius 1 is 1.24 bits per heavy atom. The van der Waals surface area contributed by atoms with Crippen molar-refractivity contribution >= 4 is 11.6 Å². The molecule has 0 heterocycles. The first-order valence-electron chi connectivity index (χ1n) is 9.56. The van der Waals surface area contributed by atoms with Gasteiger partial charge in [-0.05, 0) is 62.1 Å². The molecule has 156 valence electrons. The van der Waals surface area contributed by atoms with Crippen molar-refractivity contribution in [3.05, 3.63) is 59.2 Å². The van der Waals surface area contributed by atoms with Crippen molar-refractivity contribution in [1.82, 2.24) is 4.90 Å². The number of rotatable bonds is 7. The largest absolute Gasteiger partial charge is 0.495 e. The third kappa shape index (κ3) is 5.29. The Kier molecular flexibility index (Phi) is 6.17. The fourth-order valence-electron chi connectivity index (χ4n) is 3.43. The minimum atomic E-state index is -4.39. The van der Waals surface area contributed by atoms with Gasteiger partial charge in [0.15, 0.2) is 0 Å². The second-order valence-corrected chi connectivity index (χ2v) is 7.45. The van der Waals surface area contributed by atoms with Gasteiger partial charge in [-0.15, -0.1) is 0 Å². The molecule has 29 heavy (non-hydrogen) atoms. The molecule has 2 aromatic carbocycles. The van der Waals surface area contributed by atoms with Crippen molar-refractivity contribution in [1.29, 1.82) is 0 Å². The highest BCUT2D eigenvalue weighted by molar-refractivity contribution is 5.93. The molecule has 1 atom stereocenters. The molecule has 1 saturated carbocycles. The van der Waals surface area contributed by atoms with Gasteiger partial charge in [-0.2, -0.15) is 13.2 Å². The fourth-order valence-corrected chi connectivity index (χ4v) is 3.43. The van der Waals surface area contributed by atoms with Crippen molar-refractivity contribution in [2.45, 2.75) is 44.9 Å². The maximum atomic E-state index is 13.1. The second kappa shape index (κ2) is 8.45. The maximum absolute atomic E-state index is 13.1. The zero-order valence-corrected chi connectivity index (χ0v) is 16.7. The zero-order chi connectivity index (χ0) is 21.2. The summed E-state index contributed by atoms with van der Waals surface area (Å²) in [7, 11) is 1.53. The number of nitrogens with one attached hydrogen (secondary N) is 1. The lowest BCUT2D eigenvalue weighted by Crippen LogP contribution is -2.37. The molecule has 1 aliphatic rings. The Morgan fingerprint density at radius 3 is 2.59 bits per heavy atom. The molecular formula is C22H25F3N2O2. The summed E-state index contributed by atoms with van der Waals surface area (Å²) in [5, 5.41) is 2.87. The van der Waals surface area contributed by atoms with Crippen LogP contribution in [0.1, 0.15) is 42.5 Å². The summed E-state index contributed by atoms with van der Waals surface area (Å²) in [5.41, 5.74) is 1.44. The lowest BCUT2D eigenvalue weighted by molar-refractivity contribution is -0.137. The number of hydrogen-bond donors (Lipinski definition) is 1. The predicted molar refractivity (Wildman–Crippen MR) is 106 cm³/mol. The highest BCUT2D eigenvalue weighted by Gasteiger charge is 2.35. The number of aryl methyl sites for hydroxylation is 1. The SMILES string of the molecule is COc1ccc(C)cc1NC(=O)CN(C1CC1)C(C)c1cccc(C(F)(F)F)c1. The fraction of sp³-hybridized carbons (Fsp3) is 0.409. The molecule has 0 spiro atoms. The number of methoxy groups -OCH3 is 1. The molecule has 0 aromatic heterocycles. The summed E-state index contributed by atoms with van der Waals surface area (Å²) in [5.74, 6) is 0.340. The van der Waals surface area contributed by atoms with E-state index in [0.717, 1.165) is 24.5 Å². The molecule has 4 nitrogen and oxygen atoms in total. The monoisotopic (exact) mass is 406 g/mol. The van der Waals surface area contributed by atoms with Crippen LogP contribution in [-0.4, -0.2) is 30.5 Å². The Bertz CT molecular complexity index is 879. The summed E-state index contributed by atoms with van der Waals surface area (Å²) >= 11 is 0. The van der Waals surface area contributed by atoms with Gasteiger partial charge < -0.3 is 10.1 Å². The van der Waals surface area contributed by atoms with Gasteiger partial charge in [0.2, 0.25) is 5.91 Å². The van der Waals surface area contributed by atoms with Crippen molar-refractivity contribution in [2.75, 3.05) is 19.0 Å². The minimum absolute atomic E-state index is 0.0964. The van der Waals surface area contributed by atoms with Crippen LogP contribution in [0.3, 0.4) is 0 Å². The molecule has 2 aromatic rings. The number of nitrogens with zero attached hydrogens (tertiary/aromatic N) is 1. The first kappa shape index (κ1) is 21.2. The third-order valence-corrected chi connectivity index (χ3v) is 5.16. The molecule has 1 amide bonds. The lowest BCUT2D eigenvalue weighted by Gasteiger charge is -2.29. The first-order valence-corrected chi connectivity index (χ1v) is 9.56. The van der Waals surface area contributed by atoms with E-state index in [2.05, 4.69) is 5.32 Å². The van der Waals surface area contributed by atoms with Crippen LogP contribution in [0.15, 0.2) is 42.5 Å². The van der Waals surface area contributed by atoms with Crippen LogP contribution in [0.2, 0.25) is 0 Å². The van der Waals surface area contributed by atoms with Crippen molar-refractivity contribution < 1.29 is 22.7 Å².